The van der Waals surface area contributed by atoms with Crippen LogP contribution in [0.15, 0.2) is 17.5 Å². The zero-order valence-corrected chi connectivity index (χ0v) is 13.1. The summed E-state index contributed by atoms with van der Waals surface area (Å²) in [6.45, 7) is 7.76. The summed E-state index contributed by atoms with van der Waals surface area (Å²) in [7, 11) is 0. The molecule has 5 heteroatoms. The van der Waals surface area contributed by atoms with Crippen molar-refractivity contribution < 1.29 is 9.53 Å². The monoisotopic (exact) mass is 296 g/mol. The first-order chi connectivity index (χ1) is 9.76. The molecule has 1 aromatic rings. The van der Waals surface area contributed by atoms with E-state index in [0.717, 1.165) is 19.5 Å². The van der Waals surface area contributed by atoms with Crippen LogP contribution < -0.4 is 5.32 Å². The minimum atomic E-state index is -0.0403. The van der Waals surface area contributed by atoms with E-state index in [1.165, 1.54) is 4.88 Å². The molecule has 1 aliphatic rings. The summed E-state index contributed by atoms with van der Waals surface area (Å²) in [5.74, 6) is 0.175. The van der Waals surface area contributed by atoms with Crippen molar-refractivity contribution >= 4 is 17.2 Å². The summed E-state index contributed by atoms with van der Waals surface area (Å²) < 4.78 is 5.51. The highest BCUT2D eigenvalue weighted by Gasteiger charge is 2.35. The van der Waals surface area contributed by atoms with Crippen LogP contribution in [-0.4, -0.2) is 43.2 Å². The average Bonchev–Trinajstić information content (AvgIpc) is 3.12. The number of thiophene rings is 1. The quantitative estimate of drug-likeness (QED) is 0.838. The predicted molar refractivity (Wildman–Crippen MR) is 81.8 cm³/mol. The van der Waals surface area contributed by atoms with E-state index in [4.69, 9.17) is 4.74 Å². The van der Waals surface area contributed by atoms with E-state index in [1.807, 2.05) is 17.9 Å². The number of ether oxygens (including phenoxy) is 1. The van der Waals surface area contributed by atoms with Gasteiger partial charge >= 0.3 is 0 Å². The maximum absolute atomic E-state index is 12.7. The summed E-state index contributed by atoms with van der Waals surface area (Å²) >= 11 is 1.70. The van der Waals surface area contributed by atoms with Crippen molar-refractivity contribution in [3.63, 3.8) is 0 Å². The Morgan fingerprint density at radius 1 is 1.50 bits per heavy atom. The molecule has 1 amide bonds. The molecule has 4 nitrogen and oxygen atoms in total. The van der Waals surface area contributed by atoms with Crippen molar-refractivity contribution in [3.8, 4) is 0 Å². The molecule has 0 saturated carbocycles. The lowest BCUT2D eigenvalue weighted by Gasteiger charge is -2.26. The fourth-order valence-corrected chi connectivity index (χ4v) is 3.22. The topological polar surface area (TPSA) is 41.6 Å². The summed E-state index contributed by atoms with van der Waals surface area (Å²) in [5, 5.41) is 5.48. The molecule has 1 aliphatic heterocycles. The van der Waals surface area contributed by atoms with Crippen LogP contribution >= 0.6 is 11.3 Å². The highest BCUT2D eigenvalue weighted by atomic mass is 32.1. The summed E-state index contributed by atoms with van der Waals surface area (Å²) in [5.41, 5.74) is 0. The second-order valence-corrected chi connectivity index (χ2v) is 6.17. The Labute approximate surface area is 125 Å². The number of carbonyl (C=O) groups is 1. The first kappa shape index (κ1) is 15.5. The number of amides is 1. The third-order valence-electron chi connectivity index (χ3n) is 3.67. The molecular formula is C15H24N2O2S. The number of nitrogens with one attached hydrogen (secondary N) is 1. The van der Waals surface area contributed by atoms with Gasteiger partial charge in [0.05, 0.1) is 25.7 Å². The molecule has 2 rings (SSSR count). The molecule has 1 saturated heterocycles. The Balaban J connectivity index is 1.96. The largest absolute Gasteiger partial charge is 0.379 e. The lowest BCUT2D eigenvalue weighted by molar-refractivity contribution is -0.136. The number of nitrogens with zero attached hydrogens (tertiary/aromatic N) is 1. The van der Waals surface area contributed by atoms with Gasteiger partial charge in [-0.1, -0.05) is 13.0 Å². The standard InChI is InChI=1S/C15H24N2O2S/c1-3-7-16-14-11-19-10-13(14)15(18)17(4-2)9-12-6-5-8-20-12/h5-6,8,13-14,16H,3-4,7,9-11H2,1-2H3. The Hall–Kier alpha value is -0.910. The smallest absolute Gasteiger partial charge is 0.230 e. The van der Waals surface area contributed by atoms with E-state index in [-0.39, 0.29) is 17.9 Å². The maximum atomic E-state index is 12.7. The van der Waals surface area contributed by atoms with Crippen LogP contribution in [0.2, 0.25) is 0 Å². The van der Waals surface area contributed by atoms with Crippen LogP contribution in [0.5, 0.6) is 0 Å². The normalized spacial score (nSPS) is 22.1. The van der Waals surface area contributed by atoms with E-state index in [0.29, 0.717) is 19.8 Å². The van der Waals surface area contributed by atoms with E-state index >= 15 is 0 Å². The van der Waals surface area contributed by atoms with E-state index < -0.39 is 0 Å². The van der Waals surface area contributed by atoms with Gasteiger partial charge in [-0.15, -0.1) is 11.3 Å². The van der Waals surface area contributed by atoms with Crippen molar-refractivity contribution in [2.24, 2.45) is 5.92 Å². The molecule has 1 aromatic heterocycles. The molecule has 0 aliphatic carbocycles. The van der Waals surface area contributed by atoms with Crippen molar-refractivity contribution in [3.05, 3.63) is 22.4 Å². The predicted octanol–water partition coefficient (Wildman–Crippen LogP) is 2.11. The maximum Gasteiger partial charge on any atom is 0.230 e. The second-order valence-electron chi connectivity index (χ2n) is 5.14. The fraction of sp³-hybridized carbons (Fsp3) is 0.667. The van der Waals surface area contributed by atoms with Gasteiger partial charge in [0.25, 0.3) is 0 Å². The van der Waals surface area contributed by atoms with Crippen LogP contribution in [0.4, 0.5) is 0 Å². The third-order valence-corrected chi connectivity index (χ3v) is 4.54. The lowest BCUT2D eigenvalue weighted by Crippen LogP contribution is -2.45. The molecule has 0 spiro atoms. The van der Waals surface area contributed by atoms with E-state index in [1.54, 1.807) is 11.3 Å². The van der Waals surface area contributed by atoms with Crippen LogP contribution in [0, 0.1) is 5.92 Å². The molecule has 2 heterocycles. The van der Waals surface area contributed by atoms with Crippen molar-refractivity contribution in [1.29, 1.82) is 0 Å². The van der Waals surface area contributed by atoms with Crippen molar-refractivity contribution in [1.82, 2.24) is 10.2 Å². The molecule has 0 bridgehead atoms. The third kappa shape index (κ3) is 3.81. The van der Waals surface area contributed by atoms with E-state index in [9.17, 15) is 4.79 Å². The van der Waals surface area contributed by atoms with E-state index in [2.05, 4.69) is 23.7 Å². The van der Waals surface area contributed by atoms with Gasteiger partial charge in [-0.05, 0) is 31.3 Å². The molecule has 2 unspecified atom stereocenters. The van der Waals surface area contributed by atoms with Gasteiger partial charge in [0.15, 0.2) is 0 Å². The van der Waals surface area contributed by atoms with Gasteiger partial charge < -0.3 is 15.0 Å². The molecule has 2 atom stereocenters. The van der Waals surface area contributed by atoms with Crippen LogP contribution in [-0.2, 0) is 16.1 Å². The van der Waals surface area contributed by atoms with Gasteiger partial charge in [-0.2, -0.15) is 0 Å². The first-order valence-corrected chi connectivity index (χ1v) is 8.26. The molecule has 0 radical (unpaired) electrons. The second kappa shape index (κ2) is 7.76. The van der Waals surface area contributed by atoms with Gasteiger partial charge in [0.2, 0.25) is 5.91 Å². The van der Waals surface area contributed by atoms with Crippen molar-refractivity contribution in [2.45, 2.75) is 32.9 Å². The minimum absolute atomic E-state index is 0.0403. The van der Waals surface area contributed by atoms with Gasteiger partial charge in [-0.25, -0.2) is 0 Å². The summed E-state index contributed by atoms with van der Waals surface area (Å²) in [6.07, 6.45) is 1.07. The Kier molecular flexibility index (Phi) is 6.01. The number of rotatable bonds is 7. The summed E-state index contributed by atoms with van der Waals surface area (Å²) in [4.78, 5) is 15.9. The average molecular weight is 296 g/mol. The zero-order valence-electron chi connectivity index (χ0n) is 12.3. The Bertz CT molecular complexity index is 408. The van der Waals surface area contributed by atoms with Crippen LogP contribution in [0.3, 0.4) is 0 Å². The molecule has 0 aromatic carbocycles. The minimum Gasteiger partial charge on any atom is -0.379 e. The van der Waals surface area contributed by atoms with Gasteiger partial charge in [0.1, 0.15) is 0 Å². The SMILES string of the molecule is CCCNC1COCC1C(=O)N(CC)Cc1cccs1. The highest BCUT2D eigenvalue weighted by Crippen LogP contribution is 2.19. The number of carbonyl (C=O) groups excluding carboxylic acids is 1. The Morgan fingerprint density at radius 2 is 2.35 bits per heavy atom. The van der Waals surface area contributed by atoms with Crippen LogP contribution in [0.25, 0.3) is 0 Å². The number of hydrogen-bond donors (Lipinski definition) is 1. The fourth-order valence-electron chi connectivity index (χ4n) is 2.50. The molecule has 1 fully saturated rings. The molecule has 1 N–H and O–H groups in total. The van der Waals surface area contributed by atoms with Crippen molar-refractivity contribution in [2.75, 3.05) is 26.3 Å². The molecule has 112 valence electrons. The van der Waals surface area contributed by atoms with Crippen LogP contribution in [0.1, 0.15) is 25.1 Å². The zero-order chi connectivity index (χ0) is 14.4. The highest BCUT2D eigenvalue weighted by molar-refractivity contribution is 7.09. The molecular weight excluding hydrogens is 272 g/mol. The van der Waals surface area contributed by atoms with Gasteiger partial charge in [0, 0.05) is 17.5 Å². The summed E-state index contributed by atoms with van der Waals surface area (Å²) in [6, 6.07) is 4.28. The molecule has 20 heavy (non-hydrogen) atoms. The first-order valence-electron chi connectivity index (χ1n) is 7.38. The Morgan fingerprint density at radius 3 is 3.00 bits per heavy atom. The number of hydrogen-bond acceptors (Lipinski definition) is 4. The lowest BCUT2D eigenvalue weighted by atomic mass is 10.0. The van der Waals surface area contributed by atoms with Gasteiger partial charge in [-0.3, -0.25) is 4.79 Å².